The van der Waals surface area contributed by atoms with Gasteiger partial charge in [0.1, 0.15) is 0 Å². The van der Waals surface area contributed by atoms with Crippen LogP contribution in [0.2, 0.25) is 0 Å². The van der Waals surface area contributed by atoms with Crippen LogP contribution in [0.1, 0.15) is 32.1 Å². The Morgan fingerprint density at radius 2 is 2.45 bits per heavy atom. The minimum Gasteiger partial charge on any atom is -0.365 e. The van der Waals surface area contributed by atoms with E-state index in [1.165, 1.54) is 0 Å². The lowest BCUT2D eigenvalue weighted by Crippen LogP contribution is -2.26. The zero-order valence-corrected chi connectivity index (χ0v) is 6.88. The number of rotatable bonds is 4. The third kappa shape index (κ3) is 2.64. The number of hydrogen-bond donors (Lipinski definition) is 1. The highest BCUT2D eigenvalue weighted by atomic mass is 16.6. The van der Waals surface area contributed by atoms with Crippen LogP contribution in [0.4, 0.5) is 0 Å². The molecule has 2 heteroatoms. The molecule has 0 bridgehead atoms. The van der Waals surface area contributed by atoms with Crippen molar-refractivity contribution < 1.29 is 9.84 Å². The van der Waals surface area contributed by atoms with Crippen molar-refractivity contribution in [2.45, 2.75) is 37.9 Å². The van der Waals surface area contributed by atoms with Gasteiger partial charge in [-0.3, -0.25) is 0 Å². The Bertz CT molecular complexity index is 126. The molecule has 0 saturated carbocycles. The summed E-state index contributed by atoms with van der Waals surface area (Å²) in [6.07, 6.45) is 6.34. The Morgan fingerprint density at radius 1 is 1.64 bits per heavy atom. The fraction of sp³-hybridized carbons (Fsp3) is 0.778. The third-order valence-corrected chi connectivity index (χ3v) is 2.06. The molecule has 1 fully saturated rings. The highest BCUT2D eigenvalue weighted by Gasteiger charge is 2.30. The van der Waals surface area contributed by atoms with Gasteiger partial charge in [0.2, 0.25) is 0 Å². The fourth-order valence-electron chi connectivity index (χ4n) is 1.40. The molecule has 0 aromatic heterocycles. The Kier molecular flexibility index (Phi) is 3.09. The van der Waals surface area contributed by atoms with E-state index < -0.39 is 5.79 Å². The van der Waals surface area contributed by atoms with Crippen LogP contribution in [0.25, 0.3) is 0 Å². The predicted octanol–water partition coefficient (Wildman–Crippen LogP) is 1.84. The first kappa shape index (κ1) is 8.75. The van der Waals surface area contributed by atoms with Gasteiger partial charge in [0.15, 0.2) is 5.79 Å². The van der Waals surface area contributed by atoms with Crippen molar-refractivity contribution in [2.75, 3.05) is 6.61 Å². The number of aliphatic hydroxyl groups is 1. The Hall–Kier alpha value is -0.340. The van der Waals surface area contributed by atoms with Gasteiger partial charge >= 0.3 is 0 Å². The van der Waals surface area contributed by atoms with E-state index in [0.717, 1.165) is 32.1 Å². The van der Waals surface area contributed by atoms with E-state index >= 15 is 0 Å². The molecule has 1 rings (SSSR count). The van der Waals surface area contributed by atoms with Crippen molar-refractivity contribution in [3.05, 3.63) is 12.7 Å². The minimum absolute atomic E-state index is 0.713. The van der Waals surface area contributed by atoms with E-state index in [4.69, 9.17) is 4.74 Å². The van der Waals surface area contributed by atoms with E-state index in [2.05, 4.69) is 6.58 Å². The normalized spacial score (nSPS) is 30.6. The summed E-state index contributed by atoms with van der Waals surface area (Å²) in [7, 11) is 0. The zero-order valence-electron chi connectivity index (χ0n) is 6.88. The smallest absolute Gasteiger partial charge is 0.165 e. The van der Waals surface area contributed by atoms with Gasteiger partial charge in [0.05, 0.1) is 6.61 Å². The Morgan fingerprint density at radius 3 is 3.00 bits per heavy atom. The Labute approximate surface area is 67.9 Å². The van der Waals surface area contributed by atoms with Crippen molar-refractivity contribution in [1.82, 2.24) is 0 Å². The first-order chi connectivity index (χ1) is 5.27. The van der Waals surface area contributed by atoms with Crippen LogP contribution >= 0.6 is 0 Å². The van der Waals surface area contributed by atoms with Crippen LogP contribution in [-0.4, -0.2) is 17.5 Å². The molecule has 0 aliphatic carbocycles. The van der Waals surface area contributed by atoms with Gasteiger partial charge in [-0.15, -0.1) is 6.58 Å². The van der Waals surface area contributed by atoms with Crippen molar-refractivity contribution in [2.24, 2.45) is 0 Å². The summed E-state index contributed by atoms with van der Waals surface area (Å²) in [5.74, 6) is -0.803. The van der Waals surface area contributed by atoms with Crippen LogP contribution in [0.5, 0.6) is 0 Å². The molecule has 1 atom stereocenters. The lowest BCUT2D eigenvalue weighted by molar-refractivity contribution is -0.175. The number of allylic oxidation sites excluding steroid dienone is 1. The van der Waals surface area contributed by atoms with Gasteiger partial charge in [-0.25, -0.2) is 0 Å². The van der Waals surface area contributed by atoms with Crippen molar-refractivity contribution in [3.63, 3.8) is 0 Å². The minimum atomic E-state index is -0.803. The predicted molar refractivity (Wildman–Crippen MR) is 44.2 cm³/mol. The first-order valence-electron chi connectivity index (χ1n) is 4.24. The maximum Gasteiger partial charge on any atom is 0.165 e. The zero-order chi connectivity index (χ0) is 8.16. The summed E-state index contributed by atoms with van der Waals surface area (Å²) >= 11 is 0. The van der Waals surface area contributed by atoms with Crippen LogP contribution in [0.3, 0.4) is 0 Å². The van der Waals surface area contributed by atoms with E-state index in [9.17, 15) is 5.11 Å². The molecular weight excluding hydrogens is 140 g/mol. The highest BCUT2D eigenvalue weighted by molar-refractivity contribution is 4.75. The molecule has 1 aliphatic rings. The van der Waals surface area contributed by atoms with Crippen molar-refractivity contribution >= 4 is 0 Å². The number of unbranched alkanes of at least 4 members (excludes halogenated alkanes) is 1. The molecule has 0 amide bonds. The topological polar surface area (TPSA) is 29.5 Å². The summed E-state index contributed by atoms with van der Waals surface area (Å²) < 4.78 is 5.21. The lowest BCUT2D eigenvalue weighted by Gasteiger charge is -2.20. The van der Waals surface area contributed by atoms with Crippen LogP contribution in [-0.2, 0) is 4.74 Å². The largest absolute Gasteiger partial charge is 0.365 e. The van der Waals surface area contributed by atoms with Gasteiger partial charge in [-0.05, 0) is 19.3 Å². The summed E-state index contributed by atoms with van der Waals surface area (Å²) in [5.41, 5.74) is 0. The molecule has 2 nitrogen and oxygen atoms in total. The monoisotopic (exact) mass is 156 g/mol. The number of ether oxygens (including phenoxy) is 1. The Balaban J connectivity index is 2.17. The van der Waals surface area contributed by atoms with Crippen molar-refractivity contribution in [1.29, 1.82) is 0 Å². The molecule has 1 aliphatic heterocycles. The highest BCUT2D eigenvalue weighted by Crippen LogP contribution is 2.27. The average molecular weight is 156 g/mol. The second-order valence-electron chi connectivity index (χ2n) is 3.08. The summed E-state index contributed by atoms with van der Waals surface area (Å²) in [6, 6.07) is 0. The van der Waals surface area contributed by atoms with Crippen LogP contribution in [0, 0.1) is 0 Å². The SMILES string of the molecule is C=CCCC[C@@]1(O)CCCO1. The molecule has 0 spiro atoms. The molecule has 64 valence electrons. The van der Waals surface area contributed by atoms with Crippen LogP contribution < -0.4 is 0 Å². The molecule has 0 unspecified atom stereocenters. The van der Waals surface area contributed by atoms with E-state index in [1.807, 2.05) is 6.08 Å². The maximum absolute atomic E-state index is 9.66. The van der Waals surface area contributed by atoms with E-state index in [-0.39, 0.29) is 0 Å². The summed E-state index contributed by atoms with van der Waals surface area (Å²) in [4.78, 5) is 0. The van der Waals surface area contributed by atoms with Gasteiger partial charge in [0, 0.05) is 12.8 Å². The molecule has 0 aromatic carbocycles. The summed E-state index contributed by atoms with van der Waals surface area (Å²) in [6.45, 7) is 4.34. The van der Waals surface area contributed by atoms with Gasteiger partial charge in [0.25, 0.3) is 0 Å². The molecule has 0 aromatic rings. The second-order valence-corrected chi connectivity index (χ2v) is 3.08. The summed E-state index contributed by atoms with van der Waals surface area (Å²) in [5, 5.41) is 9.66. The second kappa shape index (κ2) is 3.88. The van der Waals surface area contributed by atoms with E-state index in [0.29, 0.717) is 6.61 Å². The first-order valence-corrected chi connectivity index (χ1v) is 4.24. The quantitative estimate of drug-likeness (QED) is 0.497. The standard InChI is InChI=1S/C9H16O2/c1-2-3-4-6-9(10)7-5-8-11-9/h2,10H,1,3-8H2/t9-/m0/s1. The average Bonchev–Trinajstić information content (AvgIpc) is 2.38. The van der Waals surface area contributed by atoms with Gasteiger partial charge in [-0.1, -0.05) is 6.08 Å². The lowest BCUT2D eigenvalue weighted by atomic mass is 10.1. The molecule has 1 saturated heterocycles. The molecule has 1 heterocycles. The van der Waals surface area contributed by atoms with Crippen LogP contribution in [0.15, 0.2) is 12.7 Å². The van der Waals surface area contributed by atoms with E-state index in [1.54, 1.807) is 0 Å². The van der Waals surface area contributed by atoms with Gasteiger partial charge in [-0.2, -0.15) is 0 Å². The fourth-order valence-corrected chi connectivity index (χ4v) is 1.40. The molecular formula is C9H16O2. The number of hydrogen-bond acceptors (Lipinski definition) is 2. The third-order valence-electron chi connectivity index (χ3n) is 2.06. The van der Waals surface area contributed by atoms with Gasteiger partial charge < -0.3 is 9.84 Å². The maximum atomic E-state index is 9.66. The molecule has 0 radical (unpaired) electrons. The van der Waals surface area contributed by atoms with Crippen molar-refractivity contribution in [3.8, 4) is 0 Å². The molecule has 11 heavy (non-hydrogen) atoms. The molecule has 1 N–H and O–H groups in total.